The van der Waals surface area contributed by atoms with Gasteiger partial charge in [0.1, 0.15) is 28.4 Å². The standard InChI is InChI=1S/C46H59NO9/c1-28(2)12-11-17-44(8)18-16-32-37(48)36-38(49)34-26-31-27-35-43(6,7)56-45(41(31)50,46(34,35)55-40(36)33(39(32)54-44)14-13-29(3)4)19-15-30(5)42(51)53-23-10-9-20-47-21-24-52-25-22-47/h12-13,15-16,18,26,31,35,48H,9-11,14,17,19-25,27H2,1-8H3/b30-15-. The Bertz CT molecular complexity index is 1950. The third kappa shape index (κ3) is 6.79. The molecule has 4 heterocycles. The van der Waals surface area contributed by atoms with Gasteiger partial charge in [0.25, 0.3) is 0 Å². The summed E-state index contributed by atoms with van der Waals surface area (Å²) in [5, 5.41) is 12.0. The highest BCUT2D eigenvalue weighted by atomic mass is 16.6. The maximum atomic E-state index is 15.0. The molecule has 0 radical (unpaired) electrons. The minimum atomic E-state index is -1.60. The van der Waals surface area contributed by atoms with Crippen LogP contribution in [0, 0.1) is 11.8 Å². The first-order valence-electron chi connectivity index (χ1n) is 20.4. The molecule has 302 valence electrons. The van der Waals surface area contributed by atoms with Crippen LogP contribution in [-0.2, 0) is 30.2 Å². The Morgan fingerprint density at radius 1 is 0.982 bits per heavy atom. The fraction of sp³-hybridized carbons (Fsp3) is 0.587. The highest BCUT2D eigenvalue weighted by Crippen LogP contribution is 2.68. The molecule has 3 aliphatic carbocycles. The molecule has 1 spiro atoms. The molecular weight excluding hydrogens is 711 g/mol. The molecule has 1 saturated carbocycles. The van der Waals surface area contributed by atoms with Crippen LogP contribution in [0.2, 0.25) is 0 Å². The SMILES string of the molecule is CC(C)=CCCC1(C)C=Cc2c(O)c3c(c(CC=C(C)C)c2O1)OC12C(=CC4CC1C(C)(C)OC2(C/C=C(/C)C(=O)OCCCCN1CCOCC1)C4=O)C3=O. The van der Waals surface area contributed by atoms with Gasteiger partial charge in [-0.15, -0.1) is 0 Å². The second kappa shape index (κ2) is 15.1. The Kier molecular flexibility index (Phi) is 10.8. The Morgan fingerprint density at radius 3 is 2.43 bits per heavy atom. The summed E-state index contributed by atoms with van der Waals surface area (Å²) < 4.78 is 32.1. The minimum absolute atomic E-state index is 0.0160. The largest absolute Gasteiger partial charge is 0.506 e. The molecule has 10 heteroatoms. The quantitative estimate of drug-likeness (QED) is 0.0921. The molecule has 5 unspecified atom stereocenters. The number of ether oxygens (including phenoxy) is 5. The third-order valence-corrected chi connectivity index (χ3v) is 12.7. The lowest BCUT2D eigenvalue weighted by Crippen LogP contribution is -2.72. The number of ketones is 2. The maximum Gasteiger partial charge on any atom is 0.333 e. The first kappa shape index (κ1) is 40.2. The summed E-state index contributed by atoms with van der Waals surface area (Å²) in [5.41, 5.74) is -0.473. The monoisotopic (exact) mass is 769 g/mol. The molecule has 4 bridgehead atoms. The van der Waals surface area contributed by atoms with E-state index in [-0.39, 0.29) is 41.0 Å². The lowest BCUT2D eigenvalue weighted by molar-refractivity contribution is -0.171. The van der Waals surface area contributed by atoms with E-state index in [1.54, 1.807) is 19.1 Å². The van der Waals surface area contributed by atoms with E-state index in [1.807, 2.05) is 46.8 Å². The molecule has 4 aliphatic heterocycles. The van der Waals surface area contributed by atoms with E-state index >= 15 is 4.79 Å². The average molecular weight is 770 g/mol. The second-order valence-electron chi connectivity index (χ2n) is 17.8. The highest BCUT2D eigenvalue weighted by molar-refractivity contribution is 6.19. The van der Waals surface area contributed by atoms with E-state index < -0.39 is 34.3 Å². The number of Topliss-reactive ketones (excluding diaryl/α,β-unsaturated/α-hetero) is 2. The van der Waals surface area contributed by atoms with E-state index in [4.69, 9.17) is 23.7 Å². The van der Waals surface area contributed by atoms with E-state index in [1.165, 1.54) is 5.57 Å². The molecule has 8 rings (SSSR count). The Balaban J connectivity index is 1.24. The Labute approximate surface area is 331 Å². The molecule has 3 fully saturated rings. The van der Waals surface area contributed by atoms with Crippen molar-refractivity contribution in [1.82, 2.24) is 4.90 Å². The van der Waals surface area contributed by atoms with Crippen LogP contribution in [-0.4, -0.2) is 89.4 Å². The average Bonchev–Trinajstić information content (AvgIpc) is 3.30. The molecular formula is C46H59NO9. The number of carbonyl (C=O) groups excluding carboxylic acids is 3. The summed E-state index contributed by atoms with van der Waals surface area (Å²) in [4.78, 5) is 45.3. The number of aromatic hydroxyl groups is 1. The molecule has 56 heavy (non-hydrogen) atoms. The third-order valence-electron chi connectivity index (χ3n) is 12.7. The highest BCUT2D eigenvalue weighted by Gasteiger charge is 2.81. The number of carbonyl (C=O) groups is 3. The summed E-state index contributed by atoms with van der Waals surface area (Å²) >= 11 is 0. The maximum absolute atomic E-state index is 15.0. The lowest BCUT2D eigenvalue weighted by atomic mass is 9.51. The zero-order valence-corrected chi connectivity index (χ0v) is 34.5. The first-order chi connectivity index (χ1) is 26.5. The number of hydrogen-bond donors (Lipinski definition) is 1. The molecule has 1 N–H and O–H groups in total. The normalized spacial score (nSPS) is 29.7. The van der Waals surface area contributed by atoms with Crippen LogP contribution in [0.5, 0.6) is 17.2 Å². The van der Waals surface area contributed by atoms with Gasteiger partial charge in [-0.25, -0.2) is 4.79 Å². The first-order valence-corrected chi connectivity index (χ1v) is 20.4. The molecule has 7 aliphatic rings. The van der Waals surface area contributed by atoms with E-state index in [0.717, 1.165) is 57.7 Å². The Hall–Kier alpha value is -3.99. The molecule has 1 aromatic rings. The van der Waals surface area contributed by atoms with Crippen molar-refractivity contribution < 1.29 is 43.2 Å². The number of fused-ring (bicyclic) bond motifs is 2. The van der Waals surface area contributed by atoms with Crippen molar-refractivity contribution >= 4 is 23.6 Å². The number of hydrogen-bond acceptors (Lipinski definition) is 10. The zero-order chi connectivity index (χ0) is 40.2. The van der Waals surface area contributed by atoms with Crippen molar-refractivity contribution in [3.63, 3.8) is 0 Å². The van der Waals surface area contributed by atoms with Crippen molar-refractivity contribution in [2.45, 2.75) is 123 Å². The van der Waals surface area contributed by atoms with Gasteiger partial charge < -0.3 is 28.8 Å². The van der Waals surface area contributed by atoms with Gasteiger partial charge >= 0.3 is 5.97 Å². The summed E-state index contributed by atoms with van der Waals surface area (Å²) in [5.74, 6) is -1.44. The summed E-state index contributed by atoms with van der Waals surface area (Å²) in [6.07, 6.45) is 15.5. The molecule has 2 saturated heterocycles. The van der Waals surface area contributed by atoms with Crippen LogP contribution in [0.15, 0.2) is 52.7 Å². The van der Waals surface area contributed by atoms with Gasteiger partial charge in [-0.05, 0) is 113 Å². The minimum Gasteiger partial charge on any atom is -0.506 e. The van der Waals surface area contributed by atoms with E-state index in [0.29, 0.717) is 53.9 Å². The number of unbranched alkanes of at least 4 members (excludes halogenated alkanes) is 1. The number of nitrogens with zero attached hydrogens (tertiary/aromatic N) is 1. The Morgan fingerprint density at radius 2 is 1.71 bits per heavy atom. The number of morpholine rings is 1. The second-order valence-corrected chi connectivity index (χ2v) is 17.8. The molecule has 10 nitrogen and oxygen atoms in total. The predicted octanol–water partition coefficient (Wildman–Crippen LogP) is 7.81. The van der Waals surface area contributed by atoms with Crippen molar-refractivity contribution in [2.24, 2.45) is 11.8 Å². The lowest BCUT2D eigenvalue weighted by Gasteiger charge is -2.56. The number of esters is 1. The van der Waals surface area contributed by atoms with Gasteiger partial charge in [0.05, 0.1) is 31.0 Å². The number of phenols is 1. The number of benzene rings is 1. The molecule has 0 aromatic heterocycles. The molecule has 5 atom stereocenters. The van der Waals surface area contributed by atoms with Gasteiger partial charge in [-0.3, -0.25) is 14.5 Å². The fourth-order valence-corrected chi connectivity index (χ4v) is 9.71. The van der Waals surface area contributed by atoms with Gasteiger partial charge in [0.2, 0.25) is 0 Å². The zero-order valence-electron chi connectivity index (χ0n) is 34.5. The number of rotatable bonds is 13. The van der Waals surface area contributed by atoms with Crippen LogP contribution in [0.4, 0.5) is 0 Å². The van der Waals surface area contributed by atoms with Gasteiger partial charge in [-0.1, -0.05) is 35.5 Å². The van der Waals surface area contributed by atoms with Crippen LogP contribution >= 0.6 is 0 Å². The molecule has 0 amide bonds. The predicted molar refractivity (Wildman–Crippen MR) is 214 cm³/mol. The fourth-order valence-electron chi connectivity index (χ4n) is 9.71. The summed E-state index contributed by atoms with van der Waals surface area (Å²) in [7, 11) is 0. The van der Waals surface area contributed by atoms with Crippen LogP contribution in [0.3, 0.4) is 0 Å². The van der Waals surface area contributed by atoms with Gasteiger partial charge in [-0.2, -0.15) is 0 Å². The van der Waals surface area contributed by atoms with E-state index in [2.05, 4.69) is 30.9 Å². The summed E-state index contributed by atoms with van der Waals surface area (Å²) in [6, 6.07) is 0. The summed E-state index contributed by atoms with van der Waals surface area (Å²) in [6.45, 7) is 20.3. The van der Waals surface area contributed by atoms with Crippen molar-refractivity contribution in [3.05, 3.63) is 69.4 Å². The number of allylic oxidation sites excluding steroid dienone is 5. The number of phenolic OH excluding ortho intramolecular Hbond substituents is 1. The van der Waals surface area contributed by atoms with Crippen LogP contribution in [0.1, 0.15) is 115 Å². The smallest absolute Gasteiger partial charge is 0.333 e. The van der Waals surface area contributed by atoms with Crippen molar-refractivity contribution in [1.29, 1.82) is 0 Å². The van der Waals surface area contributed by atoms with Gasteiger partial charge in [0, 0.05) is 48.1 Å². The topological polar surface area (TPSA) is 121 Å². The van der Waals surface area contributed by atoms with Crippen molar-refractivity contribution in [3.8, 4) is 17.2 Å². The van der Waals surface area contributed by atoms with Crippen LogP contribution in [0.25, 0.3) is 6.08 Å². The van der Waals surface area contributed by atoms with Gasteiger partial charge in [0.15, 0.2) is 22.8 Å². The van der Waals surface area contributed by atoms with Crippen molar-refractivity contribution in [2.75, 3.05) is 39.5 Å². The molecule has 1 aromatic carbocycles. The van der Waals surface area contributed by atoms with Crippen LogP contribution < -0.4 is 9.47 Å². The van der Waals surface area contributed by atoms with E-state index in [9.17, 15) is 14.7 Å².